The van der Waals surface area contributed by atoms with Gasteiger partial charge in [-0.05, 0) is 54.6 Å². The second-order valence-electron chi connectivity index (χ2n) is 7.15. The molecule has 0 aliphatic heterocycles. The fourth-order valence-electron chi connectivity index (χ4n) is 3.24. The average molecular weight is 395 g/mol. The van der Waals surface area contributed by atoms with Gasteiger partial charge in [0.15, 0.2) is 5.75 Å². The highest BCUT2D eigenvalue weighted by Gasteiger charge is 2.18. The van der Waals surface area contributed by atoms with E-state index in [1.54, 1.807) is 18.2 Å². The monoisotopic (exact) mass is 395 g/mol. The van der Waals surface area contributed by atoms with Crippen molar-refractivity contribution in [3.05, 3.63) is 95.6 Å². The van der Waals surface area contributed by atoms with Gasteiger partial charge in [0.25, 0.3) is 5.91 Å². The molecule has 5 nitrogen and oxygen atoms in total. The quantitative estimate of drug-likeness (QED) is 0.372. The number of hydrogen-bond donors (Lipinski definition) is 2. The van der Waals surface area contributed by atoms with E-state index in [2.05, 4.69) is 15.5 Å². The van der Waals surface area contributed by atoms with Crippen LogP contribution in [0.3, 0.4) is 0 Å². The lowest BCUT2D eigenvalue weighted by Gasteiger charge is -2.11. The Morgan fingerprint density at radius 3 is 2.40 bits per heavy atom. The largest absolute Gasteiger partial charge is 0.505 e. The first kappa shape index (κ1) is 19.3. The van der Waals surface area contributed by atoms with Gasteiger partial charge in [-0.1, -0.05) is 54.6 Å². The molecular weight excluding hydrogens is 374 g/mol. The summed E-state index contributed by atoms with van der Waals surface area (Å²) in [6, 6.07) is 24.2. The Labute approximate surface area is 174 Å². The summed E-state index contributed by atoms with van der Waals surface area (Å²) in [5.74, 6) is -0.608. The Hall–Kier alpha value is -3.99. The lowest BCUT2D eigenvalue weighted by molar-refractivity contribution is 0.102. The summed E-state index contributed by atoms with van der Waals surface area (Å²) in [6.45, 7) is 3.94. The first-order valence-corrected chi connectivity index (χ1v) is 9.63. The molecule has 0 atom stereocenters. The normalized spacial score (nSPS) is 11.1. The lowest BCUT2D eigenvalue weighted by atomic mass is 10.0. The maximum absolute atomic E-state index is 12.9. The minimum Gasteiger partial charge on any atom is -0.505 e. The number of phenols is 1. The molecule has 148 valence electrons. The van der Waals surface area contributed by atoms with Crippen molar-refractivity contribution in [1.82, 2.24) is 0 Å². The Morgan fingerprint density at radius 2 is 1.60 bits per heavy atom. The Morgan fingerprint density at radius 1 is 0.867 bits per heavy atom. The SMILES string of the molecule is Cc1ccc(C)c(N=Nc2c(O)c(C(=O)Nc3ccccc3)cc3ccccc23)c1. The Kier molecular flexibility index (Phi) is 5.26. The molecule has 2 N–H and O–H groups in total. The van der Waals surface area contributed by atoms with Gasteiger partial charge >= 0.3 is 0 Å². The van der Waals surface area contributed by atoms with E-state index in [1.807, 2.05) is 74.5 Å². The van der Waals surface area contributed by atoms with Crippen molar-refractivity contribution in [2.45, 2.75) is 13.8 Å². The summed E-state index contributed by atoms with van der Waals surface area (Å²) in [6.07, 6.45) is 0. The predicted octanol–water partition coefficient (Wildman–Crippen LogP) is 6.83. The molecule has 0 aromatic heterocycles. The van der Waals surface area contributed by atoms with Crippen LogP contribution in [0.4, 0.5) is 17.1 Å². The molecule has 30 heavy (non-hydrogen) atoms. The van der Waals surface area contributed by atoms with Crippen LogP contribution in [-0.4, -0.2) is 11.0 Å². The third kappa shape index (κ3) is 3.91. The number of phenolic OH excluding ortho intramolecular Hbond substituents is 1. The number of para-hydroxylation sites is 1. The molecule has 4 rings (SSSR count). The van der Waals surface area contributed by atoms with Crippen LogP contribution in [-0.2, 0) is 0 Å². The minimum absolute atomic E-state index is 0.146. The molecule has 5 heteroatoms. The van der Waals surface area contributed by atoms with Crippen LogP contribution in [0.2, 0.25) is 0 Å². The van der Waals surface area contributed by atoms with Crippen LogP contribution < -0.4 is 5.32 Å². The van der Waals surface area contributed by atoms with E-state index in [0.29, 0.717) is 5.69 Å². The second-order valence-corrected chi connectivity index (χ2v) is 7.15. The molecule has 0 fully saturated rings. The highest BCUT2D eigenvalue weighted by molar-refractivity contribution is 6.11. The van der Waals surface area contributed by atoms with Gasteiger partial charge in [-0.25, -0.2) is 0 Å². The van der Waals surface area contributed by atoms with E-state index in [4.69, 9.17) is 0 Å². The van der Waals surface area contributed by atoms with E-state index in [1.165, 1.54) is 0 Å². The maximum atomic E-state index is 12.9. The summed E-state index contributed by atoms with van der Waals surface area (Å²) < 4.78 is 0. The number of aryl methyl sites for hydroxylation is 2. The van der Waals surface area contributed by atoms with Crippen LogP contribution >= 0.6 is 0 Å². The van der Waals surface area contributed by atoms with Gasteiger partial charge in [-0.2, -0.15) is 5.11 Å². The Bertz CT molecular complexity index is 1260. The molecule has 0 aliphatic carbocycles. The maximum Gasteiger partial charge on any atom is 0.259 e. The molecule has 4 aromatic rings. The van der Waals surface area contributed by atoms with E-state index in [9.17, 15) is 9.90 Å². The third-order valence-electron chi connectivity index (χ3n) is 4.89. The molecule has 0 radical (unpaired) electrons. The van der Waals surface area contributed by atoms with Crippen LogP contribution in [0, 0.1) is 13.8 Å². The summed E-state index contributed by atoms with van der Waals surface area (Å²) >= 11 is 0. The van der Waals surface area contributed by atoms with Gasteiger partial charge in [0.05, 0.1) is 11.3 Å². The topological polar surface area (TPSA) is 74.0 Å². The molecule has 0 unspecified atom stereocenters. The van der Waals surface area contributed by atoms with Gasteiger partial charge in [-0.15, -0.1) is 5.11 Å². The van der Waals surface area contributed by atoms with Gasteiger partial charge in [0.1, 0.15) is 5.69 Å². The highest BCUT2D eigenvalue weighted by Crippen LogP contribution is 2.39. The first-order chi connectivity index (χ1) is 14.5. The number of hydrogen-bond acceptors (Lipinski definition) is 4. The molecular formula is C25H21N3O2. The Balaban J connectivity index is 1.80. The van der Waals surface area contributed by atoms with Gasteiger partial charge in [0, 0.05) is 11.1 Å². The zero-order valence-corrected chi connectivity index (χ0v) is 16.8. The van der Waals surface area contributed by atoms with Crippen LogP contribution in [0.15, 0.2) is 89.1 Å². The molecule has 0 aliphatic rings. The number of azo groups is 1. The van der Waals surface area contributed by atoms with Gasteiger partial charge < -0.3 is 10.4 Å². The van der Waals surface area contributed by atoms with E-state index < -0.39 is 5.91 Å². The van der Waals surface area contributed by atoms with Crippen LogP contribution in [0.5, 0.6) is 5.75 Å². The van der Waals surface area contributed by atoms with Gasteiger partial charge in [-0.3, -0.25) is 4.79 Å². The van der Waals surface area contributed by atoms with Crippen LogP contribution in [0.1, 0.15) is 21.5 Å². The molecule has 4 aromatic carbocycles. The fourth-order valence-corrected chi connectivity index (χ4v) is 3.24. The number of rotatable bonds is 4. The summed E-state index contributed by atoms with van der Waals surface area (Å²) in [5, 5.41) is 24.0. The average Bonchev–Trinajstić information content (AvgIpc) is 2.75. The number of amides is 1. The van der Waals surface area contributed by atoms with Gasteiger partial charge in [0.2, 0.25) is 0 Å². The molecule has 0 spiro atoms. The molecule has 0 saturated heterocycles. The van der Waals surface area contributed by atoms with Crippen molar-refractivity contribution in [2.24, 2.45) is 10.2 Å². The number of anilines is 1. The summed E-state index contributed by atoms with van der Waals surface area (Å²) in [5.41, 5.74) is 3.83. The van der Waals surface area contributed by atoms with Crippen molar-refractivity contribution >= 4 is 33.7 Å². The highest BCUT2D eigenvalue weighted by atomic mass is 16.3. The number of nitrogens with zero attached hydrogens (tertiary/aromatic N) is 2. The van der Waals surface area contributed by atoms with E-state index in [0.717, 1.165) is 27.6 Å². The zero-order valence-electron chi connectivity index (χ0n) is 16.8. The number of nitrogens with one attached hydrogen (secondary N) is 1. The van der Waals surface area contributed by atoms with Crippen molar-refractivity contribution in [3.63, 3.8) is 0 Å². The van der Waals surface area contributed by atoms with E-state index in [-0.39, 0.29) is 17.0 Å². The van der Waals surface area contributed by atoms with Crippen molar-refractivity contribution in [2.75, 3.05) is 5.32 Å². The van der Waals surface area contributed by atoms with E-state index >= 15 is 0 Å². The molecule has 1 amide bonds. The number of fused-ring (bicyclic) bond motifs is 1. The summed E-state index contributed by atoms with van der Waals surface area (Å²) in [7, 11) is 0. The van der Waals surface area contributed by atoms with Crippen molar-refractivity contribution < 1.29 is 9.90 Å². The fraction of sp³-hybridized carbons (Fsp3) is 0.0800. The van der Waals surface area contributed by atoms with Crippen LogP contribution in [0.25, 0.3) is 10.8 Å². The minimum atomic E-state index is -0.410. The molecule has 0 saturated carbocycles. The first-order valence-electron chi connectivity index (χ1n) is 9.63. The smallest absolute Gasteiger partial charge is 0.259 e. The predicted molar refractivity (Wildman–Crippen MR) is 120 cm³/mol. The molecule has 0 heterocycles. The number of benzene rings is 4. The van der Waals surface area contributed by atoms with Crippen molar-refractivity contribution in [3.8, 4) is 5.75 Å². The zero-order chi connectivity index (χ0) is 21.1. The van der Waals surface area contributed by atoms with Crippen molar-refractivity contribution in [1.29, 1.82) is 0 Å². The number of carbonyl (C=O) groups is 1. The standard InChI is InChI=1S/C25H21N3O2/c1-16-12-13-17(2)22(14-16)27-28-23-20-11-7-6-8-18(20)15-21(24(23)29)25(30)26-19-9-4-3-5-10-19/h3-15,29H,1-2H3,(H,26,30). The third-order valence-corrected chi connectivity index (χ3v) is 4.89. The second kappa shape index (κ2) is 8.17. The summed E-state index contributed by atoms with van der Waals surface area (Å²) in [4.78, 5) is 12.9. The number of aromatic hydroxyl groups is 1. The lowest BCUT2D eigenvalue weighted by Crippen LogP contribution is -2.12. The number of carbonyl (C=O) groups excluding carboxylic acids is 1. The molecule has 0 bridgehead atoms.